The molecule has 2 fully saturated rings. The van der Waals surface area contributed by atoms with Gasteiger partial charge < -0.3 is 10.6 Å². The van der Waals surface area contributed by atoms with Crippen molar-refractivity contribution in [3.63, 3.8) is 0 Å². The maximum absolute atomic E-state index is 12.2. The smallest absolute Gasteiger partial charge is 0.235 e. The average molecular weight is 264 g/mol. The van der Waals surface area contributed by atoms with E-state index in [0.29, 0.717) is 12.5 Å². The first-order valence-electron chi connectivity index (χ1n) is 7.05. The van der Waals surface area contributed by atoms with Crippen LogP contribution >= 0.6 is 0 Å². The first kappa shape index (κ1) is 14.3. The number of amides is 1. The normalized spacial score (nSPS) is 26.2. The molecule has 106 valence electrons. The van der Waals surface area contributed by atoms with Crippen LogP contribution in [0.25, 0.3) is 0 Å². The molecular weight excluding hydrogens is 240 g/mol. The summed E-state index contributed by atoms with van der Waals surface area (Å²) >= 11 is 0. The van der Waals surface area contributed by atoms with E-state index in [9.17, 15) is 10.1 Å². The number of nitrogens with one attached hydrogen (secondary N) is 2. The summed E-state index contributed by atoms with van der Waals surface area (Å²) in [6, 6.07) is 2.27. The van der Waals surface area contributed by atoms with Gasteiger partial charge in [0.1, 0.15) is 5.54 Å². The molecule has 0 aromatic rings. The van der Waals surface area contributed by atoms with Gasteiger partial charge >= 0.3 is 0 Å². The van der Waals surface area contributed by atoms with Crippen molar-refractivity contribution >= 4 is 5.91 Å². The van der Waals surface area contributed by atoms with E-state index in [1.807, 2.05) is 6.92 Å². The molecule has 0 bridgehead atoms. The van der Waals surface area contributed by atoms with Crippen molar-refractivity contribution in [1.29, 1.82) is 5.26 Å². The summed E-state index contributed by atoms with van der Waals surface area (Å²) in [6.45, 7) is 9.15. The van der Waals surface area contributed by atoms with E-state index < -0.39 is 5.54 Å². The SMILES string of the molecule is CC(C#N)(NC(=O)CN1CCNCC1(C)C)C1CC1. The van der Waals surface area contributed by atoms with Crippen LogP contribution in [-0.2, 0) is 4.79 Å². The van der Waals surface area contributed by atoms with Crippen LogP contribution in [0.1, 0.15) is 33.6 Å². The summed E-state index contributed by atoms with van der Waals surface area (Å²) in [5, 5.41) is 15.5. The highest BCUT2D eigenvalue weighted by Crippen LogP contribution is 2.39. The molecule has 1 atom stereocenters. The second kappa shape index (κ2) is 5.10. The van der Waals surface area contributed by atoms with Crippen molar-refractivity contribution in [3.05, 3.63) is 0 Å². The fourth-order valence-electron chi connectivity index (χ4n) is 2.70. The summed E-state index contributed by atoms with van der Waals surface area (Å²) in [7, 11) is 0. The molecule has 1 heterocycles. The summed E-state index contributed by atoms with van der Waals surface area (Å²) in [4.78, 5) is 14.4. The third-order valence-corrected chi connectivity index (χ3v) is 4.33. The maximum atomic E-state index is 12.2. The quantitative estimate of drug-likeness (QED) is 0.775. The molecule has 1 aliphatic carbocycles. The molecule has 5 nitrogen and oxygen atoms in total. The van der Waals surface area contributed by atoms with E-state index in [1.165, 1.54) is 0 Å². The van der Waals surface area contributed by atoms with Crippen molar-refractivity contribution in [3.8, 4) is 6.07 Å². The van der Waals surface area contributed by atoms with Crippen molar-refractivity contribution in [2.75, 3.05) is 26.2 Å². The van der Waals surface area contributed by atoms with Crippen LogP contribution in [0.2, 0.25) is 0 Å². The Kier molecular flexibility index (Phi) is 3.84. The molecule has 1 amide bonds. The first-order chi connectivity index (χ1) is 8.87. The molecule has 0 aromatic carbocycles. The lowest BCUT2D eigenvalue weighted by atomic mass is 9.97. The van der Waals surface area contributed by atoms with Gasteiger partial charge in [-0.3, -0.25) is 9.69 Å². The van der Waals surface area contributed by atoms with E-state index in [4.69, 9.17) is 0 Å². The lowest BCUT2D eigenvalue weighted by Gasteiger charge is -2.42. The van der Waals surface area contributed by atoms with Crippen LogP contribution in [0.4, 0.5) is 0 Å². The number of nitrogens with zero attached hydrogens (tertiary/aromatic N) is 2. The Labute approximate surface area is 115 Å². The van der Waals surface area contributed by atoms with Crippen molar-refractivity contribution in [1.82, 2.24) is 15.5 Å². The van der Waals surface area contributed by atoms with Crippen LogP contribution < -0.4 is 10.6 Å². The van der Waals surface area contributed by atoms with Crippen molar-refractivity contribution < 1.29 is 4.79 Å². The van der Waals surface area contributed by atoms with Gasteiger partial charge in [0.25, 0.3) is 0 Å². The van der Waals surface area contributed by atoms with E-state index >= 15 is 0 Å². The summed E-state index contributed by atoms with van der Waals surface area (Å²) < 4.78 is 0. The molecule has 0 spiro atoms. The molecular formula is C14H24N4O. The van der Waals surface area contributed by atoms with Gasteiger partial charge in [0.2, 0.25) is 5.91 Å². The number of hydrogen-bond acceptors (Lipinski definition) is 4. The molecule has 5 heteroatoms. The number of hydrogen-bond donors (Lipinski definition) is 2. The Balaban J connectivity index is 1.92. The van der Waals surface area contributed by atoms with Crippen molar-refractivity contribution in [2.24, 2.45) is 5.92 Å². The topological polar surface area (TPSA) is 68.2 Å². The predicted octanol–water partition coefficient (Wildman–Crippen LogP) is 0.479. The van der Waals surface area contributed by atoms with Gasteiger partial charge in [-0.2, -0.15) is 5.26 Å². The highest BCUT2D eigenvalue weighted by Gasteiger charge is 2.43. The second-order valence-corrected chi connectivity index (χ2v) is 6.55. The molecule has 1 saturated carbocycles. The Hall–Kier alpha value is -1.12. The zero-order chi connectivity index (χ0) is 14.1. The minimum Gasteiger partial charge on any atom is -0.337 e. The highest BCUT2D eigenvalue weighted by molar-refractivity contribution is 5.79. The minimum atomic E-state index is -0.685. The van der Waals surface area contributed by atoms with E-state index in [2.05, 4.69) is 35.5 Å². The van der Waals surface area contributed by atoms with Gasteiger partial charge in [0.15, 0.2) is 0 Å². The average Bonchev–Trinajstić information content (AvgIpc) is 3.16. The van der Waals surface area contributed by atoms with Gasteiger partial charge in [0, 0.05) is 25.2 Å². The van der Waals surface area contributed by atoms with E-state index in [1.54, 1.807) is 0 Å². The lowest BCUT2D eigenvalue weighted by Crippen LogP contribution is -2.61. The maximum Gasteiger partial charge on any atom is 0.235 e. The summed E-state index contributed by atoms with van der Waals surface area (Å²) in [5.41, 5.74) is -0.701. The van der Waals surface area contributed by atoms with E-state index in [-0.39, 0.29) is 11.4 Å². The van der Waals surface area contributed by atoms with Crippen LogP contribution in [0.3, 0.4) is 0 Å². The highest BCUT2D eigenvalue weighted by atomic mass is 16.2. The van der Waals surface area contributed by atoms with Crippen molar-refractivity contribution in [2.45, 2.75) is 44.7 Å². The molecule has 0 aromatic heterocycles. The Morgan fingerprint density at radius 2 is 2.26 bits per heavy atom. The number of nitriles is 1. The van der Waals surface area contributed by atoms with Gasteiger partial charge in [-0.05, 0) is 39.5 Å². The molecule has 2 aliphatic rings. The monoisotopic (exact) mass is 264 g/mol. The Morgan fingerprint density at radius 3 is 2.79 bits per heavy atom. The van der Waals surface area contributed by atoms with Crippen LogP contribution in [0.5, 0.6) is 0 Å². The number of carbonyl (C=O) groups excluding carboxylic acids is 1. The van der Waals surface area contributed by atoms with Gasteiger partial charge in [-0.15, -0.1) is 0 Å². The van der Waals surface area contributed by atoms with Crippen LogP contribution in [0, 0.1) is 17.2 Å². The molecule has 2 N–H and O–H groups in total. The van der Waals surface area contributed by atoms with Crippen LogP contribution in [0.15, 0.2) is 0 Å². The molecule has 2 rings (SSSR count). The molecule has 1 aliphatic heterocycles. The predicted molar refractivity (Wildman–Crippen MR) is 73.4 cm³/mol. The molecule has 1 unspecified atom stereocenters. The third kappa shape index (κ3) is 3.26. The molecule has 0 radical (unpaired) electrons. The summed E-state index contributed by atoms with van der Waals surface area (Å²) in [6.07, 6.45) is 2.09. The zero-order valence-electron chi connectivity index (χ0n) is 12.1. The third-order valence-electron chi connectivity index (χ3n) is 4.33. The molecule has 1 saturated heterocycles. The Morgan fingerprint density at radius 1 is 1.58 bits per heavy atom. The fourth-order valence-corrected chi connectivity index (χ4v) is 2.70. The minimum absolute atomic E-state index is 0.0157. The summed E-state index contributed by atoms with van der Waals surface area (Å²) in [5.74, 6) is 0.295. The van der Waals surface area contributed by atoms with Gasteiger partial charge in [-0.1, -0.05) is 0 Å². The van der Waals surface area contributed by atoms with Crippen LogP contribution in [-0.4, -0.2) is 48.1 Å². The van der Waals surface area contributed by atoms with Gasteiger partial charge in [0.05, 0.1) is 12.6 Å². The van der Waals surface area contributed by atoms with Gasteiger partial charge in [-0.25, -0.2) is 0 Å². The number of carbonyl (C=O) groups is 1. The Bertz CT molecular complexity index is 397. The second-order valence-electron chi connectivity index (χ2n) is 6.55. The largest absolute Gasteiger partial charge is 0.337 e. The van der Waals surface area contributed by atoms with E-state index in [0.717, 1.165) is 32.5 Å². The molecule has 19 heavy (non-hydrogen) atoms. The zero-order valence-corrected chi connectivity index (χ0v) is 12.1. The first-order valence-corrected chi connectivity index (χ1v) is 7.05. The lowest BCUT2D eigenvalue weighted by molar-refractivity contribution is -0.125. The number of piperazine rings is 1. The fraction of sp³-hybridized carbons (Fsp3) is 0.857. The standard InChI is InChI=1S/C14H24N4O/c1-13(2)10-16-6-7-18(13)8-12(19)17-14(3,9-15)11-4-5-11/h11,16H,4-8,10H2,1-3H3,(H,17,19). The number of rotatable bonds is 4.